The van der Waals surface area contributed by atoms with Crippen molar-refractivity contribution >= 4 is 27.6 Å². The Hall–Kier alpha value is -1.95. The van der Waals surface area contributed by atoms with Gasteiger partial charge in [-0.05, 0) is 42.3 Å². The highest BCUT2D eigenvalue weighted by molar-refractivity contribution is 9.10. The number of rotatable bonds is 5. The van der Waals surface area contributed by atoms with Gasteiger partial charge in [0.05, 0.1) is 5.56 Å². The van der Waals surface area contributed by atoms with Gasteiger partial charge >= 0.3 is 5.97 Å². The number of hydrogen-bond donors (Lipinski definition) is 2. The molecule has 0 aromatic heterocycles. The van der Waals surface area contributed by atoms with E-state index in [0.717, 1.165) is 6.07 Å². The molecule has 0 bridgehead atoms. The molecule has 0 heterocycles. The molecule has 2 N–H and O–H groups in total. The summed E-state index contributed by atoms with van der Waals surface area (Å²) in [6, 6.07) is 8.10. The maximum absolute atomic E-state index is 13.0. The van der Waals surface area contributed by atoms with Crippen LogP contribution in [0.2, 0.25) is 0 Å². The van der Waals surface area contributed by atoms with Crippen molar-refractivity contribution in [3.05, 3.63) is 63.6 Å². The second kappa shape index (κ2) is 6.67. The molecule has 0 unspecified atom stereocenters. The zero-order valence-electron chi connectivity index (χ0n) is 10.9. The number of hydrogen-bond acceptors (Lipinski definition) is 2. The lowest BCUT2D eigenvalue weighted by Crippen LogP contribution is -2.06. The molecule has 2 aromatic rings. The molecule has 0 saturated heterocycles. The summed E-state index contributed by atoms with van der Waals surface area (Å²) in [5.74, 6) is -2.24. The monoisotopic (exact) mass is 355 g/mol. The quantitative estimate of drug-likeness (QED) is 0.849. The second-order valence-corrected chi connectivity index (χ2v) is 5.40. The maximum atomic E-state index is 13.0. The molecule has 2 rings (SSSR count). The van der Waals surface area contributed by atoms with Crippen LogP contribution in [0.3, 0.4) is 0 Å². The molecule has 6 heteroatoms. The third-order valence-corrected chi connectivity index (χ3v) is 3.27. The standard InChI is InChI=1S/C15H12BrF2NO2/c16-11-5-10(15(20)21)6-14(7-11)19-2-1-9-3-12(17)8-13(18)4-9/h3-8,19H,1-2H2,(H,20,21). The summed E-state index contributed by atoms with van der Waals surface area (Å²) in [6.07, 6.45) is 0.420. The summed E-state index contributed by atoms with van der Waals surface area (Å²) in [6.45, 7) is 0.429. The molecular weight excluding hydrogens is 344 g/mol. The van der Waals surface area contributed by atoms with Gasteiger partial charge in [0.1, 0.15) is 11.6 Å². The maximum Gasteiger partial charge on any atom is 0.335 e. The van der Waals surface area contributed by atoms with Crippen LogP contribution in [-0.2, 0) is 6.42 Å². The third-order valence-electron chi connectivity index (χ3n) is 2.81. The lowest BCUT2D eigenvalue weighted by Gasteiger charge is -2.08. The molecular formula is C15H12BrF2NO2. The van der Waals surface area contributed by atoms with E-state index in [1.807, 2.05) is 0 Å². The number of carboxylic acid groups (broad SMARTS) is 1. The average molecular weight is 356 g/mol. The van der Waals surface area contributed by atoms with Crippen molar-refractivity contribution in [2.75, 3.05) is 11.9 Å². The van der Waals surface area contributed by atoms with Gasteiger partial charge in [0.25, 0.3) is 0 Å². The van der Waals surface area contributed by atoms with E-state index < -0.39 is 17.6 Å². The predicted octanol–water partition coefficient (Wildman–Crippen LogP) is 4.08. The first-order valence-electron chi connectivity index (χ1n) is 6.17. The van der Waals surface area contributed by atoms with E-state index in [0.29, 0.717) is 28.7 Å². The molecule has 0 amide bonds. The van der Waals surface area contributed by atoms with E-state index in [4.69, 9.17) is 5.11 Å². The summed E-state index contributed by atoms with van der Waals surface area (Å²) >= 11 is 3.23. The molecule has 21 heavy (non-hydrogen) atoms. The number of nitrogens with one attached hydrogen (secondary N) is 1. The van der Waals surface area contributed by atoms with E-state index in [-0.39, 0.29) is 5.56 Å². The van der Waals surface area contributed by atoms with Crippen LogP contribution in [0.25, 0.3) is 0 Å². The second-order valence-electron chi connectivity index (χ2n) is 4.49. The molecule has 0 aliphatic rings. The summed E-state index contributed by atoms with van der Waals surface area (Å²) in [4.78, 5) is 10.9. The van der Waals surface area contributed by atoms with Gasteiger partial charge in [-0.3, -0.25) is 0 Å². The molecule has 2 aromatic carbocycles. The molecule has 3 nitrogen and oxygen atoms in total. The van der Waals surface area contributed by atoms with Crippen molar-refractivity contribution in [2.24, 2.45) is 0 Å². The zero-order chi connectivity index (χ0) is 15.4. The minimum Gasteiger partial charge on any atom is -0.478 e. The topological polar surface area (TPSA) is 49.3 Å². The Labute approximate surface area is 128 Å². The van der Waals surface area contributed by atoms with Crippen LogP contribution in [0, 0.1) is 11.6 Å². The predicted molar refractivity (Wildman–Crippen MR) is 79.7 cm³/mol. The van der Waals surface area contributed by atoms with E-state index in [2.05, 4.69) is 21.2 Å². The number of carbonyl (C=O) groups is 1. The van der Waals surface area contributed by atoms with Crippen LogP contribution in [0.1, 0.15) is 15.9 Å². The number of benzene rings is 2. The Balaban J connectivity index is 2.01. The lowest BCUT2D eigenvalue weighted by molar-refractivity contribution is 0.0697. The summed E-state index contributed by atoms with van der Waals surface area (Å²) in [5.41, 5.74) is 1.32. The molecule has 0 spiro atoms. The van der Waals surface area contributed by atoms with Crippen molar-refractivity contribution in [3.63, 3.8) is 0 Å². The summed E-state index contributed by atoms with van der Waals surface area (Å²) in [5, 5.41) is 12.0. The van der Waals surface area contributed by atoms with E-state index in [1.165, 1.54) is 24.3 Å². The average Bonchev–Trinajstić information content (AvgIpc) is 2.36. The van der Waals surface area contributed by atoms with Gasteiger partial charge in [-0.1, -0.05) is 15.9 Å². The molecule has 0 radical (unpaired) electrons. The van der Waals surface area contributed by atoms with Gasteiger partial charge in [-0.15, -0.1) is 0 Å². The van der Waals surface area contributed by atoms with Crippen molar-refractivity contribution in [3.8, 4) is 0 Å². The first-order valence-corrected chi connectivity index (χ1v) is 6.96. The van der Waals surface area contributed by atoms with Crippen LogP contribution >= 0.6 is 15.9 Å². The molecule has 0 aliphatic heterocycles. The number of halogens is 3. The Morgan fingerprint density at radius 2 is 1.76 bits per heavy atom. The number of aromatic carboxylic acids is 1. The van der Waals surface area contributed by atoms with Gasteiger partial charge in [-0.25, -0.2) is 13.6 Å². The van der Waals surface area contributed by atoms with Crippen LogP contribution in [0.5, 0.6) is 0 Å². The highest BCUT2D eigenvalue weighted by Crippen LogP contribution is 2.20. The minimum absolute atomic E-state index is 0.156. The van der Waals surface area contributed by atoms with Crippen molar-refractivity contribution in [1.82, 2.24) is 0 Å². The van der Waals surface area contributed by atoms with Gasteiger partial charge in [0.15, 0.2) is 0 Å². The van der Waals surface area contributed by atoms with Gasteiger partial charge < -0.3 is 10.4 Å². The minimum atomic E-state index is -1.02. The Bertz CT molecular complexity index is 656. The highest BCUT2D eigenvalue weighted by Gasteiger charge is 2.06. The van der Waals surface area contributed by atoms with E-state index >= 15 is 0 Å². The number of carboxylic acids is 1. The first kappa shape index (κ1) is 15.4. The van der Waals surface area contributed by atoms with Crippen LogP contribution in [0.4, 0.5) is 14.5 Å². The summed E-state index contributed by atoms with van der Waals surface area (Å²) in [7, 11) is 0. The first-order chi connectivity index (χ1) is 9.94. The van der Waals surface area contributed by atoms with Crippen molar-refractivity contribution in [2.45, 2.75) is 6.42 Å². The van der Waals surface area contributed by atoms with Crippen LogP contribution in [0.15, 0.2) is 40.9 Å². The van der Waals surface area contributed by atoms with Gasteiger partial charge in [-0.2, -0.15) is 0 Å². The highest BCUT2D eigenvalue weighted by atomic mass is 79.9. The van der Waals surface area contributed by atoms with Crippen LogP contribution in [-0.4, -0.2) is 17.6 Å². The summed E-state index contributed by atoms with van der Waals surface area (Å²) < 4.78 is 26.7. The van der Waals surface area contributed by atoms with Gasteiger partial charge in [0, 0.05) is 22.8 Å². The largest absolute Gasteiger partial charge is 0.478 e. The van der Waals surface area contributed by atoms with E-state index in [1.54, 1.807) is 6.07 Å². The fourth-order valence-corrected chi connectivity index (χ4v) is 2.41. The van der Waals surface area contributed by atoms with Gasteiger partial charge in [0.2, 0.25) is 0 Å². The lowest BCUT2D eigenvalue weighted by atomic mass is 10.1. The smallest absolute Gasteiger partial charge is 0.335 e. The van der Waals surface area contributed by atoms with E-state index in [9.17, 15) is 13.6 Å². The molecule has 0 fully saturated rings. The van der Waals surface area contributed by atoms with Crippen LogP contribution < -0.4 is 5.32 Å². The van der Waals surface area contributed by atoms with Crippen molar-refractivity contribution < 1.29 is 18.7 Å². The molecule has 0 saturated carbocycles. The molecule has 110 valence electrons. The normalized spacial score (nSPS) is 10.4. The Kier molecular flexibility index (Phi) is 4.90. The Morgan fingerprint density at radius 3 is 2.38 bits per heavy atom. The number of anilines is 1. The molecule has 0 atom stereocenters. The Morgan fingerprint density at radius 1 is 1.10 bits per heavy atom. The SMILES string of the molecule is O=C(O)c1cc(Br)cc(NCCc2cc(F)cc(F)c2)c1. The zero-order valence-corrected chi connectivity index (χ0v) is 12.5. The fourth-order valence-electron chi connectivity index (χ4n) is 1.92. The third kappa shape index (κ3) is 4.53. The molecule has 0 aliphatic carbocycles. The fraction of sp³-hybridized carbons (Fsp3) is 0.133. The van der Waals surface area contributed by atoms with Crippen molar-refractivity contribution in [1.29, 1.82) is 0 Å².